The van der Waals surface area contributed by atoms with Gasteiger partial charge in [-0.05, 0) is 35.7 Å². The molecule has 0 N–H and O–H groups in total. The summed E-state index contributed by atoms with van der Waals surface area (Å²) in [5.74, 6) is 0. The lowest BCUT2D eigenvalue weighted by Crippen LogP contribution is -2.22. The Balaban J connectivity index is 2.54. The van der Waals surface area contributed by atoms with Crippen LogP contribution in [-0.4, -0.2) is 48.7 Å². The van der Waals surface area contributed by atoms with E-state index in [9.17, 15) is 0 Å². The van der Waals surface area contributed by atoms with Gasteiger partial charge < -0.3 is 4.90 Å². The van der Waals surface area contributed by atoms with Crippen LogP contribution in [0.5, 0.6) is 0 Å². The van der Waals surface area contributed by atoms with Crippen LogP contribution in [0.4, 0.5) is 0 Å². The highest BCUT2D eigenvalue weighted by atomic mass is 33.1. The minimum Gasteiger partial charge on any atom is -0.357 e. The molecule has 0 bridgehead atoms. The molecule has 0 amide bonds. The molecule has 0 radical (unpaired) electrons. The Morgan fingerprint density at radius 2 is 1.91 bits per heavy atom. The van der Waals surface area contributed by atoms with E-state index in [1.165, 1.54) is 0 Å². The molecule has 0 saturated heterocycles. The van der Waals surface area contributed by atoms with Crippen molar-refractivity contribution in [2.45, 2.75) is 5.50 Å². The maximum Gasteiger partial charge on any atom is 0.172 e. The second-order valence-corrected chi connectivity index (χ2v) is 5.00. The molecule has 0 saturated carbocycles. The van der Waals surface area contributed by atoms with Crippen molar-refractivity contribution in [2.75, 3.05) is 28.2 Å². The number of hydrogen-bond donors (Lipinski definition) is 0. The number of aliphatic imine (C=N–C) groups is 1. The van der Waals surface area contributed by atoms with Gasteiger partial charge in [0, 0.05) is 14.1 Å². The van der Waals surface area contributed by atoms with Crippen LogP contribution < -0.4 is 0 Å². The van der Waals surface area contributed by atoms with E-state index in [-0.39, 0.29) is 5.50 Å². The predicted octanol–water partition coefficient (Wildman–Crippen LogP) is 1.14. The Morgan fingerprint density at radius 1 is 1.27 bits per heavy atom. The Kier molecular flexibility index (Phi) is 3.09. The molecule has 0 fully saturated rings. The van der Waals surface area contributed by atoms with E-state index < -0.39 is 0 Å². The summed E-state index contributed by atoms with van der Waals surface area (Å²) in [6.07, 6.45) is 0. The highest BCUT2D eigenvalue weighted by Crippen LogP contribution is 2.37. The molecule has 5 heteroatoms. The lowest BCUT2D eigenvalue weighted by Gasteiger charge is -2.12. The van der Waals surface area contributed by atoms with E-state index in [0.29, 0.717) is 0 Å². The largest absolute Gasteiger partial charge is 0.357 e. The second-order valence-electron chi connectivity index (χ2n) is 2.78. The summed E-state index contributed by atoms with van der Waals surface area (Å²) in [5.41, 5.74) is 0.289. The fourth-order valence-electron chi connectivity index (χ4n) is 0.615. The molecule has 0 aromatic rings. The Morgan fingerprint density at radius 3 is 2.18 bits per heavy atom. The molecular weight excluding hydrogens is 178 g/mol. The molecular formula is C6H13N3S2. The summed E-state index contributed by atoms with van der Waals surface area (Å²) in [4.78, 5) is 8.63. The van der Waals surface area contributed by atoms with Gasteiger partial charge in [0.2, 0.25) is 0 Å². The van der Waals surface area contributed by atoms with Crippen LogP contribution >= 0.6 is 21.6 Å². The maximum absolute atomic E-state index is 4.48. The van der Waals surface area contributed by atoms with Crippen LogP contribution in [0.15, 0.2) is 4.99 Å². The number of rotatable bonds is 1. The number of nitrogens with zero attached hydrogens (tertiary/aromatic N) is 3. The molecule has 3 nitrogen and oxygen atoms in total. The highest BCUT2D eigenvalue weighted by Gasteiger charge is 2.21. The van der Waals surface area contributed by atoms with Crippen LogP contribution in [0.1, 0.15) is 0 Å². The van der Waals surface area contributed by atoms with Gasteiger partial charge in [-0.2, -0.15) is 0 Å². The van der Waals surface area contributed by atoms with Gasteiger partial charge in [0.25, 0.3) is 0 Å². The van der Waals surface area contributed by atoms with Crippen LogP contribution in [0.3, 0.4) is 0 Å². The molecule has 0 aromatic heterocycles. The van der Waals surface area contributed by atoms with Crippen molar-refractivity contribution in [3.05, 3.63) is 0 Å². The molecule has 11 heavy (non-hydrogen) atoms. The van der Waals surface area contributed by atoms with Crippen molar-refractivity contribution < 1.29 is 0 Å². The molecule has 1 aliphatic heterocycles. The summed E-state index contributed by atoms with van der Waals surface area (Å²) >= 11 is 0. The molecule has 0 aliphatic carbocycles. The van der Waals surface area contributed by atoms with Crippen LogP contribution in [-0.2, 0) is 0 Å². The van der Waals surface area contributed by atoms with Gasteiger partial charge in [-0.3, -0.25) is 4.90 Å². The fraction of sp³-hybridized carbons (Fsp3) is 0.833. The minimum atomic E-state index is 0.289. The molecule has 1 atom stereocenters. The monoisotopic (exact) mass is 191 g/mol. The number of hydrogen-bond acceptors (Lipinski definition) is 5. The summed E-state index contributed by atoms with van der Waals surface area (Å²) in [5, 5.41) is 1.11. The number of amidine groups is 1. The molecule has 1 rings (SSSR count). The molecule has 0 spiro atoms. The van der Waals surface area contributed by atoms with Crippen molar-refractivity contribution >= 4 is 26.8 Å². The first-order valence-corrected chi connectivity index (χ1v) is 5.57. The molecule has 64 valence electrons. The first kappa shape index (κ1) is 9.22. The lowest BCUT2D eigenvalue weighted by molar-refractivity contribution is 0.392. The topological polar surface area (TPSA) is 18.8 Å². The van der Waals surface area contributed by atoms with Crippen LogP contribution in [0.2, 0.25) is 0 Å². The van der Waals surface area contributed by atoms with E-state index in [0.717, 1.165) is 5.17 Å². The van der Waals surface area contributed by atoms with Crippen molar-refractivity contribution in [2.24, 2.45) is 4.99 Å². The zero-order chi connectivity index (χ0) is 8.43. The third kappa shape index (κ3) is 2.28. The maximum atomic E-state index is 4.48. The van der Waals surface area contributed by atoms with Crippen molar-refractivity contribution in [1.82, 2.24) is 9.80 Å². The van der Waals surface area contributed by atoms with E-state index >= 15 is 0 Å². The molecule has 1 unspecified atom stereocenters. The van der Waals surface area contributed by atoms with E-state index in [4.69, 9.17) is 0 Å². The second kappa shape index (κ2) is 3.69. The van der Waals surface area contributed by atoms with E-state index in [2.05, 4.69) is 9.89 Å². The van der Waals surface area contributed by atoms with E-state index in [1.54, 1.807) is 21.6 Å². The quantitative estimate of drug-likeness (QED) is 0.579. The average molecular weight is 191 g/mol. The van der Waals surface area contributed by atoms with Gasteiger partial charge >= 0.3 is 0 Å². The zero-order valence-electron chi connectivity index (χ0n) is 7.24. The van der Waals surface area contributed by atoms with Gasteiger partial charge in [0.15, 0.2) is 10.7 Å². The SMILES string of the molecule is CN(C)C1=NC(N(C)C)SS1. The van der Waals surface area contributed by atoms with Gasteiger partial charge in [0.05, 0.1) is 0 Å². The zero-order valence-corrected chi connectivity index (χ0v) is 8.87. The third-order valence-electron chi connectivity index (χ3n) is 1.25. The first-order chi connectivity index (χ1) is 5.11. The fourth-order valence-corrected chi connectivity index (χ4v) is 3.20. The lowest BCUT2D eigenvalue weighted by atomic mass is 10.8. The minimum absolute atomic E-state index is 0.289. The molecule has 0 aromatic carbocycles. The normalized spacial score (nSPS) is 24.1. The van der Waals surface area contributed by atoms with Crippen molar-refractivity contribution in [3.63, 3.8) is 0 Å². The molecule has 1 heterocycles. The molecule has 1 aliphatic rings. The predicted molar refractivity (Wildman–Crippen MR) is 53.8 cm³/mol. The average Bonchev–Trinajstić information content (AvgIpc) is 2.33. The van der Waals surface area contributed by atoms with Gasteiger partial charge in [-0.1, -0.05) is 0 Å². The highest BCUT2D eigenvalue weighted by molar-refractivity contribution is 8.82. The van der Waals surface area contributed by atoms with Gasteiger partial charge in [0.1, 0.15) is 0 Å². The van der Waals surface area contributed by atoms with Crippen molar-refractivity contribution in [1.29, 1.82) is 0 Å². The van der Waals surface area contributed by atoms with Crippen molar-refractivity contribution in [3.8, 4) is 0 Å². The Labute approximate surface area is 75.6 Å². The standard InChI is InChI=1S/C6H13N3S2/c1-8(2)5-7-6(9(3)4)11-10-5/h5H,1-4H3. The van der Waals surface area contributed by atoms with Crippen LogP contribution in [0.25, 0.3) is 0 Å². The van der Waals surface area contributed by atoms with Crippen LogP contribution in [0, 0.1) is 0 Å². The Bertz CT molecular complexity index is 167. The summed E-state index contributed by atoms with van der Waals surface area (Å²) in [7, 11) is 11.6. The third-order valence-corrected chi connectivity index (χ3v) is 3.92. The van der Waals surface area contributed by atoms with Gasteiger partial charge in [-0.15, -0.1) is 0 Å². The summed E-state index contributed by atoms with van der Waals surface area (Å²) in [6, 6.07) is 0. The Hall–Kier alpha value is 0.130. The smallest absolute Gasteiger partial charge is 0.172 e. The summed E-state index contributed by atoms with van der Waals surface area (Å²) in [6.45, 7) is 0. The first-order valence-electron chi connectivity index (χ1n) is 3.36. The van der Waals surface area contributed by atoms with Gasteiger partial charge in [-0.25, -0.2) is 4.99 Å². The van der Waals surface area contributed by atoms with E-state index in [1.807, 2.05) is 33.1 Å². The summed E-state index contributed by atoms with van der Waals surface area (Å²) < 4.78 is 0.